The molecule has 0 amide bonds. The topological polar surface area (TPSA) is 78.9 Å². The lowest BCUT2D eigenvalue weighted by atomic mass is 10.0. The van der Waals surface area contributed by atoms with Crippen molar-refractivity contribution in [2.45, 2.75) is 252 Å². The van der Waals surface area contributed by atoms with Crippen LogP contribution >= 0.6 is 0 Å². The molecule has 0 aromatic carbocycles. The largest absolute Gasteiger partial charge is 0.462 e. The van der Waals surface area contributed by atoms with Gasteiger partial charge in [0.25, 0.3) is 0 Å². The van der Waals surface area contributed by atoms with Crippen molar-refractivity contribution >= 4 is 17.9 Å². The second-order valence-corrected chi connectivity index (χ2v) is 16.4. The molecule has 0 rings (SSSR count). The Morgan fingerprint density at radius 1 is 0.362 bits per heavy atom. The molecule has 6 heteroatoms. The van der Waals surface area contributed by atoms with Gasteiger partial charge in [-0.05, 0) is 64.2 Å². The fraction of sp³-hybridized carbons (Fsp3) is 0.788. The summed E-state index contributed by atoms with van der Waals surface area (Å²) in [7, 11) is 0. The van der Waals surface area contributed by atoms with Gasteiger partial charge < -0.3 is 14.2 Å². The van der Waals surface area contributed by atoms with E-state index in [2.05, 4.69) is 69.4 Å². The zero-order valence-corrected chi connectivity index (χ0v) is 38.3. The van der Waals surface area contributed by atoms with E-state index in [0.29, 0.717) is 19.3 Å². The minimum atomic E-state index is -0.785. The van der Waals surface area contributed by atoms with Gasteiger partial charge in [-0.1, -0.05) is 211 Å². The zero-order chi connectivity index (χ0) is 42.3. The molecule has 0 aromatic rings. The third-order valence-corrected chi connectivity index (χ3v) is 10.6. The number of rotatable bonds is 44. The molecule has 0 aliphatic rings. The van der Waals surface area contributed by atoms with Crippen molar-refractivity contribution in [1.29, 1.82) is 0 Å². The fourth-order valence-electron chi connectivity index (χ4n) is 6.91. The molecule has 0 heterocycles. The van der Waals surface area contributed by atoms with Crippen molar-refractivity contribution in [2.75, 3.05) is 13.2 Å². The fourth-order valence-corrected chi connectivity index (χ4v) is 6.91. The van der Waals surface area contributed by atoms with Crippen LogP contribution in [-0.2, 0) is 28.6 Å². The molecule has 0 saturated carbocycles. The van der Waals surface area contributed by atoms with Crippen LogP contribution in [0.2, 0.25) is 0 Å². The van der Waals surface area contributed by atoms with Gasteiger partial charge in [-0.15, -0.1) is 0 Å². The van der Waals surface area contributed by atoms with Crippen LogP contribution in [-0.4, -0.2) is 37.2 Å². The highest BCUT2D eigenvalue weighted by molar-refractivity contribution is 5.71. The van der Waals surface area contributed by atoms with E-state index in [1.807, 2.05) is 0 Å². The predicted octanol–water partition coefficient (Wildman–Crippen LogP) is 15.9. The maximum atomic E-state index is 12.7. The Bertz CT molecular complexity index is 1030. The summed E-state index contributed by atoms with van der Waals surface area (Å²) < 4.78 is 16.7. The average molecular weight is 813 g/mol. The standard InChI is InChI=1S/C52H92O6/c1-4-7-10-13-16-19-22-25-28-30-33-36-39-42-45-51(54)57-48-49(58-52(55)46-43-40-37-34-31-27-24-21-18-15-12-9-6-3)47-56-50(53)44-41-38-35-32-29-26-23-20-17-14-11-8-5-2/h9,12,15,18,21,24,26,29,49H,4-8,10-11,13-14,16-17,19-20,22-23,25,27-28,30-48H2,1-3H3/b12-9+,18-15+,24-21+,29-26+. The summed E-state index contributed by atoms with van der Waals surface area (Å²) in [6.07, 6.45) is 55.2. The Hall–Kier alpha value is -2.63. The van der Waals surface area contributed by atoms with Gasteiger partial charge in [0.15, 0.2) is 6.10 Å². The first-order valence-corrected chi connectivity index (χ1v) is 24.7. The highest BCUT2D eigenvalue weighted by atomic mass is 16.6. The molecular weight excluding hydrogens is 721 g/mol. The third-order valence-electron chi connectivity index (χ3n) is 10.6. The van der Waals surface area contributed by atoms with Crippen LogP contribution in [0.3, 0.4) is 0 Å². The number of unbranched alkanes of at least 4 members (excludes halogenated alkanes) is 27. The molecule has 0 bridgehead atoms. The van der Waals surface area contributed by atoms with Crippen LogP contribution in [0.4, 0.5) is 0 Å². The summed E-state index contributed by atoms with van der Waals surface area (Å²) in [4.78, 5) is 37.9. The monoisotopic (exact) mass is 813 g/mol. The van der Waals surface area contributed by atoms with Gasteiger partial charge in [0.05, 0.1) is 0 Å². The van der Waals surface area contributed by atoms with Crippen molar-refractivity contribution in [2.24, 2.45) is 0 Å². The molecule has 0 aliphatic carbocycles. The van der Waals surface area contributed by atoms with Crippen LogP contribution in [0.5, 0.6) is 0 Å². The van der Waals surface area contributed by atoms with Crippen LogP contribution in [0.25, 0.3) is 0 Å². The molecule has 0 N–H and O–H groups in total. The molecule has 6 nitrogen and oxygen atoms in total. The summed E-state index contributed by atoms with van der Waals surface area (Å²) in [5, 5.41) is 0. The van der Waals surface area contributed by atoms with Gasteiger partial charge in [0.2, 0.25) is 0 Å². The smallest absolute Gasteiger partial charge is 0.306 e. The van der Waals surface area contributed by atoms with E-state index < -0.39 is 6.10 Å². The summed E-state index contributed by atoms with van der Waals surface area (Å²) >= 11 is 0. The Kier molecular flexibility index (Phi) is 44.9. The van der Waals surface area contributed by atoms with Gasteiger partial charge in [-0.3, -0.25) is 14.4 Å². The summed E-state index contributed by atoms with van der Waals surface area (Å²) in [6, 6.07) is 0. The summed E-state index contributed by atoms with van der Waals surface area (Å²) in [5.41, 5.74) is 0. The first-order valence-electron chi connectivity index (χ1n) is 24.7. The molecule has 336 valence electrons. The van der Waals surface area contributed by atoms with Crippen molar-refractivity contribution < 1.29 is 28.6 Å². The van der Waals surface area contributed by atoms with E-state index in [4.69, 9.17) is 14.2 Å². The Balaban J connectivity index is 4.41. The summed E-state index contributed by atoms with van der Waals surface area (Å²) in [6.45, 7) is 6.47. The van der Waals surface area contributed by atoms with Crippen LogP contribution in [0.1, 0.15) is 245 Å². The number of esters is 3. The first kappa shape index (κ1) is 55.4. The second-order valence-electron chi connectivity index (χ2n) is 16.4. The number of ether oxygens (including phenoxy) is 3. The first-order chi connectivity index (χ1) is 28.5. The van der Waals surface area contributed by atoms with E-state index in [1.165, 1.54) is 109 Å². The van der Waals surface area contributed by atoms with Crippen molar-refractivity contribution in [3.8, 4) is 0 Å². The van der Waals surface area contributed by atoms with E-state index in [-0.39, 0.29) is 31.1 Å². The minimum absolute atomic E-state index is 0.0842. The van der Waals surface area contributed by atoms with Crippen molar-refractivity contribution in [1.82, 2.24) is 0 Å². The maximum absolute atomic E-state index is 12.7. The van der Waals surface area contributed by atoms with Gasteiger partial charge in [-0.25, -0.2) is 0 Å². The van der Waals surface area contributed by atoms with Gasteiger partial charge >= 0.3 is 17.9 Å². The normalized spacial score (nSPS) is 12.4. The number of carbonyl (C=O) groups excluding carboxylic acids is 3. The lowest BCUT2D eigenvalue weighted by molar-refractivity contribution is -0.167. The molecule has 0 saturated heterocycles. The molecule has 0 fully saturated rings. The predicted molar refractivity (Wildman–Crippen MR) is 247 cm³/mol. The number of hydrogen-bond donors (Lipinski definition) is 0. The van der Waals surface area contributed by atoms with Gasteiger partial charge in [0, 0.05) is 19.3 Å². The SMILES string of the molecule is CC/C=C/C=C/C=C/CCCCCCCC(=O)OC(COC(=O)CCCCC/C=C/CCCCCCCC)COC(=O)CCCCCCCCCCCCCCCC. The van der Waals surface area contributed by atoms with Crippen molar-refractivity contribution in [3.63, 3.8) is 0 Å². The molecule has 58 heavy (non-hydrogen) atoms. The molecule has 1 unspecified atom stereocenters. The van der Waals surface area contributed by atoms with E-state index in [9.17, 15) is 14.4 Å². The second kappa shape index (κ2) is 47.1. The molecule has 1 atom stereocenters. The average Bonchev–Trinajstić information content (AvgIpc) is 3.22. The van der Waals surface area contributed by atoms with E-state index in [1.54, 1.807) is 0 Å². The van der Waals surface area contributed by atoms with E-state index in [0.717, 1.165) is 96.3 Å². The summed E-state index contributed by atoms with van der Waals surface area (Å²) in [5.74, 6) is -0.917. The van der Waals surface area contributed by atoms with Crippen LogP contribution in [0, 0.1) is 0 Å². The lowest BCUT2D eigenvalue weighted by Crippen LogP contribution is -2.30. The van der Waals surface area contributed by atoms with Gasteiger partial charge in [-0.2, -0.15) is 0 Å². The minimum Gasteiger partial charge on any atom is -0.462 e. The molecule has 0 aromatic heterocycles. The molecule has 0 spiro atoms. The third kappa shape index (κ3) is 44.5. The van der Waals surface area contributed by atoms with Crippen LogP contribution in [0.15, 0.2) is 48.6 Å². The Morgan fingerprint density at radius 3 is 1.10 bits per heavy atom. The van der Waals surface area contributed by atoms with Crippen LogP contribution < -0.4 is 0 Å². The Labute approximate surface area is 358 Å². The molecule has 0 radical (unpaired) electrons. The van der Waals surface area contributed by atoms with E-state index >= 15 is 0 Å². The Morgan fingerprint density at radius 2 is 0.690 bits per heavy atom. The molecular formula is C52H92O6. The highest BCUT2D eigenvalue weighted by Gasteiger charge is 2.19. The number of allylic oxidation sites excluding steroid dienone is 8. The van der Waals surface area contributed by atoms with Crippen molar-refractivity contribution in [3.05, 3.63) is 48.6 Å². The maximum Gasteiger partial charge on any atom is 0.306 e. The number of carbonyl (C=O) groups is 3. The zero-order valence-electron chi connectivity index (χ0n) is 38.3. The quantitative estimate of drug-likeness (QED) is 0.0200. The highest BCUT2D eigenvalue weighted by Crippen LogP contribution is 2.15. The number of hydrogen-bond acceptors (Lipinski definition) is 6. The lowest BCUT2D eigenvalue weighted by Gasteiger charge is -2.18. The van der Waals surface area contributed by atoms with Gasteiger partial charge in [0.1, 0.15) is 13.2 Å². The molecule has 0 aliphatic heterocycles.